The molecule has 9 heteroatoms. The van der Waals surface area contributed by atoms with E-state index in [1.807, 2.05) is 38.6 Å². The van der Waals surface area contributed by atoms with Crippen LogP contribution in [-0.2, 0) is 27.1 Å². The Kier molecular flexibility index (Phi) is 10.6. The van der Waals surface area contributed by atoms with Crippen LogP contribution in [0, 0.1) is 0 Å². The summed E-state index contributed by atoms with van der Waals surface area (Å²) >= 11 is 3.61. The summed E-state index contributed by atoms with van der Waals surface area (Å²) in [5.74, 6) is 0. The van der Waals surface area contributed by atoms with Crippen molar-refractivity contribution in [1.29, 1.82) is 0 Å². The van der Waals surface area contributed by atoms with Gasteiger partial charge in [0, 0.05) is 6.20 Å². The zero-order valence-corrected chi connectivity index (χ0v) is 26.7. The fourth-order valence-electron chi connectivity index (χ4n) is 4.59. The first kappa shape index (κ1) is 31.1. The number of aromatic nitrogens is 2. The van der Waals surface area contributed by atoms with Crippen LogP contribution in [0.2, 0.25) is 5.04 Å². The molecule has 0 fully saturated rings. The number of benzene rings is 2. The molecule has 0 saturated heterocycles. The summed E-state index contributed by atoms with van der Waals surface area (Å²) in [6.45, 7) is 16.0. The molecule has 3 rings (SSSR count). The maximum Gasteiger partial charge on any atom is 0.407 e. The first-order chi connectivity index (χ1) is 18.3. The number of hydrogen-bond donors (Lipinski definition) is 1. The number of ether oxygens (including phenoxy) is 2. The van der Waals surface area contributed by atoms with Gasteiger partial charge < -0.3 is 19.2 Å². The second kappa shape index (κ2) is 13.3. The van der Waals surface area contributed by atoms with Gasteiger partial charge in [-0.25, -0.2) is 4.79 Å². The number of rotatable bonds is 11. The van der Waals surface area contributed by atoms with Gasteiger partial charge in [0.2, 0.25) is 0 Å². The highest BCUT2D eigenvalue weighted by atomic mass is 79.9. The molecule has 1 N–H and O–H groups in total. The lowest BCUT2D eigenvalue weighted by atomic mass is 10.2. The average Bonchev–Trinajstić information content (AvgIpc) is 3.20. The van der Waals surface area contributed by atoms with Crippen molar-refractivity contribution in [2.75, 3.05) is 13.2 Å². The first-order valence-corrected chi connectivity index (χ1v) is 16.1. The van der Waals surface area contributed by atoms with Gasteiger partial charge in [0.25, 0.3) is 8.32 Å². The molecule has 0 saturated carbocycles. The Labute approximate surface area is 242 Å². The third kappa shape index (κ3) is 8.51. The summed E-state index contributed by atoms with van der Waals surface area (Å²) in [5.41, 5.74) is 0.258. The highest BCUT2D eigenvalue weighted by molar-refractivity contribution is 9.10. The van der Waals surface area contributed by atoms with E-state index < -0.39 is 20.0 Å². The smallest absolute Gasteiger partial charge is 0.407 e. The molecule has 0 radical (unpaired) electrons. The molecule has 1 heterocycles. The summed E-state index contributed by atoms with van der Waals surface area (Å²) < 4.78 is 20.9. The minimum Gasteiger partial charge on any atom is -0.444 e. The summed E-state index contributed by atoms with van der Waals surface area (Å²) in [5, 5.41) is 9.93. The number of nitrogens with one attached hydrogen (secondary N) is 1. The van der Waals surface area contributed by atoms with Gasteiger partial charge in [-0.2, -0.15) is 5.10 Å². The number of nitrogens with zero attached hydrogens (tertiary/aromatic N) is 2. The molecule has 0 bridgehead atoms. The lowest BCUT2D eigenvalue weighted by Gasteiger charge is -2.43. The van der Waals surface area contributed by atoms with Gasteiger partial charge in [-0.1, -0.05) is 81.4 Å². The van der Waals surface area contributed by atoms with Crippen LogP contribution in [0.25, 0.3) is 0 Å². The van der Waals surface area contributed by atoms with Gasteiger partial charge in [-0.3, -0.25) is 4.68 Å². The Morgan fingerprint density at radius 2 is 1.56 bits per heavy atom. The second-order valence-electron chi connectivity index (χ2n) is 11.8. The summed E-state index contributed by atoms with van der Waals surface area (Å²) in [7, 11) is -2.59. The standard InChI is InChI=1S/C30H42BrN3O4Si/c1-23(32-28(35)38-29(2,3)4)21-36-22-27-26(31)20-34(33-27)18-19-37-39(30(5,6)7,24-14-10-8-11-15-24)25-16-12-9-13-17-25/h8-17,20,23H,18-19,21-22H2,1-7H3,(H,32,35)/t23-/m1/s1. The number of carbonyl (C=O) groups is 1. The molecule has 0 unspecified atom stereocenters. The summed E-state index contributed by atoms with van der Waals surface area (Å²) in [4.78, 5) is 12.0. The number of amides is 1. The Hall–Kier alpha value is -2.46. The molecule has 7 nitrogen and oxygen atoms in total. The van der Waals surface area contributed by atoms with E-state index in [2.05, 4.69) is 103 Å². The van der Waals surface area contributed by atoms with Crippen LogP contribution in [-0.4, -0.2) is 49.0 Å². The topological polar surface area (TPSA) is 74.6 Å². The second-order valence-corrected chi connectivity index (χ2v) is 16.9. The molecule has 0 aliphatic heterocycles. The van der Waals surface area contributed by atoms with Crippen molar-refractivity contribution >= 4 is 40.7 Å². The van der Waals surface area contributed by atoms with E-state index in [-0.39, 0.29) is 11.1 Å². The molecule has 3 aromatic rings. The zero-order chi connectivity index (χ0) is 28.7. The van der Waals surface area contributed by atoms with Gasteiger partial charge in [0.05, 0.1) is 36.9 Å². The maximum atomic E-state index is 12.0. The molecule has 212 valence electrons. The van der Waals surface area contributed by atoms with Gasteiger partial charge in [-0.05, 0) is 59.0 Å². The predicted molar refractivity (Wildman–Crippen MR) is 162 cm³/mol. The van der Waals surface area contributed by atoms with Crippen LogP contribution in [0.4, 0.5) is 4.79 Å². The first-order valence-electron chi connectivity index (χ1n) is 13.4. The quantitative estimate of drug-likeness (QED) is 0.282. The lowest BCUT2D eigenvalue weighted by Crippen LogP contribution is -2.66. The van der Waals surface area contributed by atoms with Crippen molar-refractivity contribution in [3.8, 4) is 0 Å². The van der Waals surface area contributed by atoms with Crippen molar-refractivity contribution < 1.29 is 18.7 Å². The van der Waals surface area contributed by atoms with Crippen molar-refractivity contribution in [2.24, 2.45) is 0 Å². The van der Waals surface area contributed by atoms with E-state index in [1.165, 1.54) is 10.4 Å². The van der Waals surface area contributed by atoms with Crippen molar-refractivity contribution in [1.82, 2.24) is 15.1 Å². The number of halogens is 1. The molecule has 39 heavy (non-hydrogen) atoms. The predicted octanol–water partition coefficient (Wildman–Crippen LogP) is 5.65. The molecule has 0 spiro atoms. The molecule has 1 aromatic heterocycles. The van der Waals surface area contributed by atoms with E-state index in [4.69, 9.17) is 19.0 Å². The largest absolute Gasteiger partial charge is 0.444 e. The minimum absolute atomic E-state index is 0.0799. The monoisotopic (exact) mass is 615 g/mol. The Morgan fingerprint density at radius 3 is 2.08 bits per heavy atom. The SMILES string of the molecule is C[C@H](COCc1nn(CCO[Si](c2ccccc2)(c2ccccc2)C(C)(C)C)cc1Br)NC(=O)OC(C)(C)C. The normalized spacial score (nSPS) is 13.2. The van der Waals surface area contributed by atoms with Crippen molar-refractivity contribution in [2.45, 2.75) is 78.3 Å². The van der Waals surface area contributed by atoms with Gasteiger partial charge >= 0.3 is 6.09 Å². The molecule has 2 aromatic carbocycles. The van der Waals surface area contributed by atoms with Crippen LogP contribution < -0.4 is 15.7 Å². The average molecular weight is 617 g/mol. The van der Waals surface area contributed by atoms with E-state index in [0.717, 1.165) is 10.2 Å². The Morgan fingerprint density at radius 1 is 1.00 bits per heavy atom. The third-order valence-corrected chi connectivity index (χ3v) is 11.9. The third-order valence-electron chi connectivity index (χ3n) is 6.21. The Balaban J connectivity index is 1.64. The van der Waals surface area contributed by atoms with Gasteiger partial charge in [-0.15, -0.1) is 0 Å². The van der Waals surface area contributed by atoms with Crippen LogP contribution in [0.5, 0.6) is 0 Å². The molecule has 1 atom stereocenters. The summed E-state index contributed by atoms with van der Waals surface area (Å²) in [6, 6.07) is 21.1. The maximum absolute atomic E-state index is 12.0. The highest BCUT2D eigenvalue weighted by Gasteiger charge is 2.50. The summed E-state index contributed by atoms with van der Waals surface area (Å²) in [6.07, 6.45) is 1.50. The van der Waals surface area contributed by atoms with Crippen molar-refractivity contribution in [3.63, 3.8) is 0 Å². The molecule has 0 aliphatic rings. The highest BCUT2D eigenvalue weighted by Crippen LogP contribution is 2.36. The van der Waals surface area contributed by atoms with Crippen LogP contribution in [0.1, 0.15) is 54.2 Å². The fourth-order valence-corrected chi connectivity index (χ4v) is 9.57. The lowest BCUT2D eigenvalue weighted by molar-refractivity contribution is 0.0439. The van der Waals surface area contributed by atoms with Gasteiger partial charge in [0.1, 0.15) is 11.3 Å². The number of hydrogen-bond acceptors (Lipinski definition) is 5. The van der Waals surface area contributed by atoms with Crippen LogP contribution in [0.3, 0.4) is 0 Å². The fraction of sp³-hybridized carbons (Fsp3) is 0.467. The molecule has 0 aliphatic carbocycles. The van der Waals surface area contributed by atoms with Crippen molar-refractivity contribution in [3.05, 3.63) is 77.0 Å². The van der Waals surface area contributed by atoms with E-state index in [1.54, 1.807) is 0 Å². The molecule has 1 amide bonds. The van der Waals surface area contributed by atoms with E-state index in [9.17, 15) is 4.79 Å². The van der Waals surface area contributed by atoms with Crippen LogP contribution in [0.15, 0.2) is 71.3 Å². The number of carbonyl (C=O) groups excluding carboxylic acids is 1. The Bertz CT molecular complexity index is 1150. The minimum atomic E-state index is -2.59. The van der Waals surface area contributed by atoms with E-state index >= 15 is 0 Å². The zero-order valence-electron chi connectivity index (χ0n) is 24.2. The van der Waals surface area contributed by atoms with Crippen LogP contribution >= 0.6 is 15.9 Å². The molecular weight excluding hydrogens is 574 g/mol. The number of alkyl carbamates (subject to hydrolysis) is 1. The van der Waals surface area contributed by atoms with Gasteiger partial charge in [0.15, 0.2) is 0 Å². The molecular formula is C30H42BrN3O4Si. The van der Waals surface area contributed by atoms with E-state index in [0.29, 0.717) is 26.4 Å².